The van der Waals surface area contributed by atoms with Gasteiger partial charge in [0.05, 0.1) is 12.2 Å². The standard InChI is InChI=1S/C21H29N3O3/c1-5-27-21(26)15-6-7-19-17(12-15)20(25)18(14(2)22-19)13-24(4)16-8-10-23(3)11-9-16/h6-7,12,16H,5,8-11,13H2,1-4H3,(H,22,25). The number of aromatic amines is 1. The van der Waals surface area contributed by atoms with Crippen molar-refractivity contribution in [1.29, 1.82) is 0 Å². The van der Waals surface area contributed by atoms with Gasteiger partial charge in [-0.05, 0) is 72.1 Å². The van der Waals surface area contributed by atoms with Crippen LogP contribution in [0.15, 0.2) is 23.0 Å². The Morgan fingerprint density at radius 2 is 2.04 bits per heavy atom. The van der Waals surface area contributed by atoms with Crippen LogP contribution in [0.2, 0.25) is 0 Å². The van der Waals surface area contributed by atoms with Crippen molar-refractivity contribution in [3.63, 3.8) is 0 Å². The van der Waals surface area contributed by atoms with Crippen molar-refractivity contribution in [1.82, 2.24) is 14.8 Å². The third kappa shape index (κ3) is 4.22. The van der Waals surface area contributed by atoms with Gasteiger partial charge in [0.1, 0.15) is 0 Å². The van der Waals surface area contributed by atoms with E-state index in [-0.39, 0.29) is 5.43 Å². The van der Waals surface area contributed by atoms with Gasteiger partial charge in [-0.25, -0.2) is 4.79 Å². The first-order valence-corrected chi connectivity index (χ1v) is 9.62. The van der Waals surface area contributed by atoms with Gasteiger partial charge in [0.25, 0.3) is 0 Å². The number of fused-ring (bicyclic) bond motifs is 1. The number of aromatic nitrogens is 1. The number of hydrogen-bond donors (Lipinski definition) is 1. The van der Waals surface area contributed by atoms with Gasteiger partial charge < -0.3 is 14.6 Å². The second kappa shape index (κ2) is 8.23. The Morgan fingerprint density at radius 3 is 2.70 bits per heavy atom. The maximum Gasteiger partial charge on any atom is 0.338 e. The predicted octanol–water partition coefficient (Wildman–Crippen LogP) is 2.54. The largest absolute Gasteiger partial charge is 0.462 e. The van der Waals surface area contributed by atoms with Crippen molar-refractivity contribution in [2.75, 3.05) is 33.8 Å². The molecule has 2 heterocycles. The van der Waals surface area contributed by atoms with Crippen molar-refractivity contribution < 1.29 is 9.53 Å². The van der Waals surface area contributed by atoms with Crippen molar-refractivity contribution in [3.05, 3.63) is 45.2 Å². The fraction of sp³-hybridized carbons (Fsp3) is 0.524. The van der Waals surface area contributed by atoms with E-state index in [2.05, 4.69) is 28.9 Å². The highest BCUT2D eigenvalue weighted by molar-refractivity contribution is 5.94. The van der Waals surface area contributed by atoms with Gasteiger partial charge in [0.15, 0.2) is 5.43 Å². The molecule has 1 aliphatic heterocycles. The number of benzene rings is 1. The van der Waals surface area contributed by atoms with E-state index in [1.165, 1.54) is 0 Å². The average molecular weight is 371 g/mol. The number of aryl methyl sites for hydroxylation is 1. The van der Waals surface area contributed by atoms with E-state index in [0.717, 1.165) is 42.7 Å². The second-order valence-electron chi connectivity index (χ2n) is 7.49. The summed E-state index contributed by atoms with van der Waals surface area (Å²) in [4.78, 5) is 33.1. The summed E-state index contributed by atoms with van der Waals surface area (Å²) in [6, 6.07) is 5.60. The first-order chi connectivity index (χ1) is 12.9. The summed E-state index contributed by atoms with van der Waals surface area (Å²) in [6.45, 7) is 6.81. The van der Waals surface area contributed by atoms with Gasteiger partial charge in [-0.2, -0.15) is 0 Å². The Kier molecular flexibility index (Phi) is 5.97. The van der Waals surface area contributed by atoms with Crippen LogP contribution in [0.4, 0.5) is 0 Å². The highest BCUT2D eigenvalue weighted by Gasteiger charge is 2.22. The van der Waals surface area contributed by atoms with E-state index in [1.807, 2.05) is 6.92 Å². The smallest absolute Gasteiger partial charge is 0.338 e. The molecule has 1 fully saturated rings. The number of nitrogens with zero attached hydrogens (tertiary/aromatic N) is 2. The average Bonchev–Trinajstić information content (AvgIpc) is 2.65. The van der Waals surface area contributed by atoms with Crippen LogP contribution < -0.4 is 5.43 Å². The number of esters is 1. The van der Waals surface area contributed by atoms with Crippen LogP contribution in [0.3, 0.4) is 0 Å². The van der Waals surface area contributed by atoms with Gasteiger partial charge in [-0.15, -0.1) is 0 Å². The molecule has 0 bridgehead atoms. The lowest BCUT2D eigenvalue weighted by atomic mass is 10.0. The van der Waals surface area contributed by atoms with E-state index in [4.69, 9.17) is 4.74 Å². The van der Waals surface area contributed by atoms with Crippen LogP contribution in [0.1, 0.15) is 41.4 Å². The highest BCUT2D eigenvalue weighted by atomic mass is 16.5. The summed E-state index contributed by atoms with van der Waals surface area (Å²) in [5.74, 6) is -0.399. The molecule has 1 aliphatic rings. The lowest BCUT2D eigenvalue weighted by Crippen LogP contribution is -2.42. The molecule has 1 aromatic carbocycles. The van der Waals surface area contributed by atoms with Gasteiger partial charge in [0, 0.05) is 34.7 Å². The minimum absolute atomic E-state index is 0.00724. The van der Waals surface area contributed by atoms with Gasteiger partial charge >= 0.3 is 5.97 Å². The third-order valence-electron chi connectivity index (χ3n) is 5.54. The van der Waals surface area contributed by atoms with Crippen LogP contribution in [-0.2, 0) is 11.3 Å². The van der Waals surface area contributed by atoms with Crippen molar-refractivity contribution in [2.24, 2.45) is 0 Å². The number of nitrogens with one attached hydrogen (secondary N) is 1. The number of carbonyl (C=O) groups is 1. The Bertz CT molecular complexity index is 882. The zero-order chi connectivity index (χ0) is 19.6. The third-order valence-corrected chi connectivity index (χ3v) is 5.54. The molecule has 1 saturated heterocycles. The van der Waals surface area contributed by atoms with Crippen LogP contribution in [0, 0.1) is 6.92 Å². The van der Waals surface area contributed by atoms with Crippen molar-refractivity contribution >= 4 is 16.9 Å². The van der Waals surface area contributed by atoms with Gasteiger partial charge in [-0.3, -0.25) is 9.69 Å². The fourth-order valence-corrected chi connectivity index (χ4v) is 3.80. The summed E-state index contributed by atoms with van der Waals surface area (Å²) >= 11 is 0. The second-order valence-corrected chi connectivity index (χ2v) is 7.49. The maximum absolute atomic E-state index is 13.1. The predicted molar refractivity (Wildman–Crippen MR) is 107 cm³/mol. The Labute approximate surface area is 160 Å². The molecule has 146 valence electrons. The van der Waals surface area contributed by atoms with E-state index in [0.29, 0.717) is 30.1 Å². The molecule has 0 unspecified atom stereocenters. The molecule has 1 N–H and O–H groups in total. The van der Waals surface area contributed by atoms with Gasteiger partial charge in [-0.1, -0.05) is 0 Å². The topological polar surface area (TPSA) is 65.6 Å². The van der Waals surface area contributed by atoms with E-state index in [1.54, 1.807) is 25.1 Å². The zero-order valence-electron chi connectivity index (χ0n) is 16.7. The molecule has 0 radical (unpaired) electrons. The number of ether oxygens (including phenoxy) is 1. The quantitative estimate of drug-likeness (QED) is 0.818. The van der Waals surface area contributed by atoms with Crippen molar-refractivity contribution in [2.45, 2.75) is 39.3 Å². The summed E-state index contributed by atoms with van der Waals surface area (Å²) in [5, 5.41) is 0.540. The summed E-state index contributed by atoms with van der Waals surface area (Å²) in [7, 11) is 4.24. The molecular weight excluding hydrogens is 342 g/mol. The number of carbonyl (C=O) groups excluding carboxylic acids is 1. The minimum Gasteiger partial charge on any atom is -0.462 e. The molecule has 0 aliphatic carbocycles. The Balaban J connectivity index is 1.90. The van der Waals surface area contributed by atoms with Crippen LogP contribution in [0.25, 0.3) is 10.9 Å². The lowest BCUT2D eigenvalue weighted by molar-refractivity contribution is 0.0526. The number of pyridine rings is 1. The molecule has 0 spiro atoms. The Morgan fingerprint density at radius 1 is 1.33 bits per heavy atom. The number of rotatable bonds is 5. The fourth-order valence-electron chi connectivity index (χ4n) is 3.80. The zero-order valence-corrected chi connectivity index (χ0v) is 16.7. The van der Waals surface area contributed by atoms with E-state index >= 15 is 0 Å². The molecule has 6 nitrogen and oxygen atoms in total. The molecule has 1 aromatic heterocycles. The molecular formula is C21H29N3O3. The molecule has 0 atom stereocenters. The molecule has 0 saturated carbocycles. The SMILES string of the molecule is CCOC(=O)c1ccc2[nH]c(C)c(CN(C)C3CCN(C)CC3)c(=O)c2c1. The molecule has 2 aromatic rings. The summed E-state index contributed by atoms with van der Waals surface area (Å²) in [6.07, 6.45) is 2.23. The normalized spacial score (nSPS) is 16.2. The minimum atomic E-state index is -0.399. The first-order valence-electron chi connectivity index (χ1n) is 9.62. The van der Waals surface area contributed by atoms with Gasteiger partial charge in [0.2, 0.25) is 0 Å². The van der Waals surface area contributed by atoms with E-state index < -0.39 is 5.97 Å². The summed E-state index contributed by atoms with van der Waals surface area (Å²) in [5.41, 5.74) is 2.80. The molecule has 3 rings (SSSR count). The summed E-state index contributed by atoms with van der Waals surface area (Å²) < 4.78 is 5.06. The lowest BCUT2D eigenvalue weighted by Gasteiger charge is -2.35. The van der Waals surface area contributed by atoms with Crippen LogP contribution >= 0.6 is 0 Å². The Hall–Kier alpha value is -2.18. The molecule has 0 amide bonds. The monoisotopic (exact) mass is 371 g/mol. The number of likely N-dealkylation sites (tertiary alicyclic amines) is 1. The van der Waals surface area contributed by atoms with E-state index in [9.17, 15) is 9.59 Å². The number of H-pyrrole nitrogens is 1. The number of piperidine rings is 1. The number of hydrogen-bond acceptors (Lipinski definition) is 5. The first kappa shape index (κ1) is 19.6. The van der Waals surface area contributed by atoms with Crippen molar-refractivity contribution in [3.8, 4) is 0 Å². The van der Waals surface area contributed by atoms with Crippen LogP contribution in [-0.4, -0.2) is 60.6 Å². The van der Waals surface area contributed by atoms with Crippen LogP contribution in [0.5, 0.6) is 0 Å². The maximum atomic E-state index is 13.1. The highest BCUT2D eigenvalue weighted by Crippen LogP contribution is 2.19. The molecule has 6 heteroatoms. The molecule has 27 heavy (non-hydrogen) atoms.